The van der Waals surface area contributed by atoms with E-state index in [-0.39, 0.29) is 5.75 Å². The molecule has 0 amide bonds. The highest BCUT2D eigenvalue weighted by atomic mass is 16.3. The van der Waals surface area contributed by atoms with Crippen molar-refractivity contribution in [1.29, 1.82) is 0 Å². The molecule has 0 aliphatic heterocycles. The number of hydrogen-bond donors (Lipinski definition) is 1. The molecule has 2 heteroatoms. The van der Waals surface area contributed by atoms with Crippen molar-refractivity contribution >= 4 is 6.29 Å². The second-order valence-electron chi connectivity index (χ2n) is 7.55. The summed E-state index contributed by atoms with van der Waals surface area (Å²) in [6.45, 7) is 2.34. The van der Waals surface area contributed by atoms with Crippen LogP contribution in [-0.2, 0) is 12.8 Å². The van der Waals surface area contributed by atoms with Gasteiger partial charge in [0.05, 0.1) is 5.56 Å². The molecule has 1 N–H and O–H groups in total. The summed E-state index contributed by atoms with van der Waals surface area (Å²) in [5, 5.41) is 9.72. The topological polar surface area (TPSA) is 37.3 Å². The summed E-state index contributed by atoms with van der Waals surface area (Å²) < 4.78 is 0. The van der Waals surface area contributed by atoms with Crippen molar-refractivity contribution in [2.75, 3.05) is 0 Å². The smallest absolute Gasteiger partial charge is 0.153 e. The van der Waals surface area contributed by atoms with Crippen LogP contribution in [0.4, 0.5) is 0 Å². The fourth-order valence-electron chi connectivity index (χ4n) is 4.37. The van der Waals surface area contributed by atoms with Crippen LogP contribution in [0, 0.1) is 5.92 Å². The van der Waals surface area contributed by atoms with Crippen molar-refractivity contribution in [2.24, 2.45) is 5.92 Å². The maximum Gasteiger partial charge on any atom is 0.153 e. The summed E-state index contributed by atoms with van der Waals surface area (Å²) in [6, 6.07) is 22.9. The molecule has 27 heavy (non-hydrogen) atoms. The number of phenolic OH excluding ortho intramolecular Hbond substituents is 1. The number of carbonyl (C=O) groups excluding carboxylic acids is 1. The van der Waals surface area contributed by atoms with Gasteiger partial charge in [0.25, 0.3) is 0 Å². The van der Waals surface area contributed by atoms with Crippen LogP contribution < -0.4 is 0 Å². The molecule has 3 aromatic carbocycles. The third-order valence-corrected chi connectivity index (χ3v) is 5.97. The molecule has 0 aromatic heterocycles. The molecule has 3 aromatic rings. The summed E-state index contributed by atoms with van der Waals surface area (Å²) in [7, 11) is 0. The van der Waals surface area contributed by atoms with Crippen LogP contribution in [0.1, 0.15) is 46.3 Å². The number of aldehydes is 1. The second kappa shape index (κ2) is 7.40. The SMILES string of the molecule is CC1c2ccccc2-c2ccccc2CC1CCc1ccc(O)c(C=O)c1. The molecule has 136 valence electrons. The molecule has 0 saturated heterocycles. The van der Waals surface area contributed by atoms with Crippen molar-refractivity contribution in [1.82, 2.24) is 0 Å². The van der Waals surface area contributed by atoms with Gasteiger partial charge in [0.1, 0.15) is 5.75 Å². The van der Waals surface area contributed by atoms with Gasteiger partial charge in [-0.1, -0.05) is 61.5 Å². The Kier molecular flexibility index (Phi) is 4.81. The minimum atomic E-state index is 0.0550. The molecule has 2 unspecified atom stereocenters. The van der Waals surface area contributed by atoms with E-state index in [1.807, 2.05) is 12.1 Å². The van der Waals surface area contributed by atoms with Crippen molar-refractivity contribution in [3.8, 4) is 16.9 Å². The molecular formula is C25H24O2. The van der Waals surface area contributed by atoms with Crippen LogP contribution in [0.2, 0.25) is 0 Å². The van der Waals surface area contributed by atoms with Crippen LogP contribution in [0.5, 0.6) is 5.75 Å². The molecule has 1 aliphatic rings. The molecule has 2 atom stereocenters. The number of aromatic hydroxyl groups is 1. The monoisotopic (exact) mass is 356 g/mol. The Balaban J connectivity index is 1.63. The third-order valence-electron chi connectivity index (χ3n) is 5.97. The Morgan fingerprint density at radius 3 is 2.56 bits per heavy atom. The first-order chi connectivity index (χ1) is 13.2. The molecule has 2 nitrogen and oxygen atoms in total. The average molecular weight is 356 g/mol. The van der Waals surface area contributed by atoms with Crippen LogP contribution in [0.15, 0.2) is 66.7 Å². The summed E-state index contributed by atoms with van der Waals surface area (Å²) in [5.41, 5.74) is 7.03. The van der Waals surface area contributed by atoms with Gasteiger partial charge in [-0.3, -0.25) is 4.79 Å². The molecule has 0 fully saturated rings. The highest BCUT2D eigenvalue weighted by Gasteiger charge is 2.26. The number of carbonyl (C=O) groups is 1. The number of fused-ring (bicyclic) bond motifs is 3. The van der Waals surface area contributed by atoms with Gasteiger partial charge in [-0.25, -0.2) is 0 Å². The summed E-state index contributed by atoms with van der Waals surface area (Å²) in [5.74, 6) is 1.05. The zero-order valence-corrected chi connectivity index (χ0v) is 15.6. The van der Waals surface area contributed by atoms with E-state index in [0.717, 1.165) is 31.1 Å². The van der Waals surface area contributed by atoms with Gasteiger partial charge in [0, 0.05) is 0 Å². The van der Waals surface area contributed by atoms with E-state index in [1.54, 1.807) is 6.07 Å². The first-order valence-corrected chi connectivity index (χ1v) is 9.61. The first-order valence-electron chi connectivity index (χ1n) is 9.61. The lowest BCUT2D eigenvalue weighted by Gasteiger charge is -2.23. The molecule has 0 radical (unpaired) electrons. The summed E-state index contributed by atoms with van der Waals surface area (Å²) in [4.78, 5) is 11.1. The normalized spacial score (nSPS) is 18.3. The second-order valence-corrected chi connectivity index (χ2v) is 7.55. The highest BCUT2D eigenvalue weighted by molar-refractivity contribution is 5.79. The van der Waals surface area contributed by atoms with Crippen molar-refractivity contribution in [3.63, 3.8) is 0 Å². The van der Waals surface area contributed by atoms with E-state index in [2.05, 4.69) is 55.5 Å². The predicted octanol–water partition coefficient (Wildman–Crippen LogP) is 5.78. The number of hydrogen-bond acceptors (Lipinski definition) is 2. The van der Waals surface area contributed by atoms with Gasteiger partial charge in [-0.05, 0) is 71.0 Å². The van der Waals surface area contributed by atoms with Crippen LogP contribution in [0.3, 0.4) is 0 Å². The van der Waals surface area contributed by atoms with E-state index in [0.29, 0.717) is 17.4 Å². The highest BCUT2D eigenvalue weighted by Crippen LogP contribution is 2.42. The van der Waals surface area contributed by atoms with Crippen molar-refractivity contribution < 1.29 is 9.90 Å². The minimum Gasteiger partial charge on any atom is -0.507 e. The Morgan fingerprint density at radius 1 is 1.00 bits per heavy atom. The molecule has 0 heterocycles. The van der Waals surface area contributed by atoms with Crippen LogP contribution >= 0.6 is 0 Å². The first kappa shape index (κ1) is 17.5. The maximum atomic E-state index is 11.1. The Bertz CT molecular complexity index is 974. The van der Waals surface area contributed by atoms with E-state index < -0.39 is 0 Å². The van der Waals surface area contributed by atoms with Gasteiger partial charge in [0.15, 0.2) is 6.29 Å². The van der Waals surface area contributed by atoms with Crippen molar-refractivity contribution in [2.45, 2.75) is 32.1 Å². The van der Waals surface area contributed by atoms with Gasteiger partial charge in [-0.15, -0.1) is 0 Å². The van der Waals surface area contributed by atoms with E-state index in [9.17, 15) is 9.90 Å². The molecule has 1 aliphatic carbocycles. The minimum absolute atomic E-state index is 0.0550. The quantitative estimate of drug-likeness (QED) is 0.602. The Labute approximate surface area is 160 Å². The third kappa shape index (κ3) is 3.40. The zero-order chi connectivity index (χ0) is 18.8. The largest absolute Gasteiger partial charge is 0.507 e. The summed E-state index contributed by atoms with van der Waals surface area (Å²) >= 11 is 0. The van der Waals surface area contributed by atoms with Gasteiger partial charge >= 0.3 is 0 Å². The van der Waals surface area contributed by atoms with E-state index in [1.165, 1.54) is 22.3 Å². The molecule has 4 rings (SSSR count). The fraction of sp³-hybridized carbons (Fsp3) is 0.240. The average Bonchev–Trinajstić information content (AvgIpc) is 2.83. The maximum absolute atomic E-state index is 11.1. The van der Waals surface area contributed by atoms with Crippen molar-refractivity contribution in [3.05, 3.63) is 89.0 Å². The Hall–Kier alpha value is -2.87. The van der Waals surface area contributed by atoms with Gasteiger partial charge < -0.3 is 5.11 Å². The zero-order valence-electron chi connectivity index (χ0n) is 15.6. The number of aryl methyl sites for hydroxylation is 1. The number of phenols is 1. The molecule has 0 saturated carbocycles. The van der Waals surface area contributed by atoms with Gasteiger partial charge in [-0.2, -0.15) is 0 Å². The molecular weight excluding hydrogens is 332 g/mol. The van der Waals surface area contributed by atoms with Crippen LogP contribution in [-0.4, -0.2) is 11.4 Å². The van der Waals surface area contributed by atoms with E-state index >= 15 is 0 Å². The summed E-state index contributed by atoms with van der Waals surface area (Å²) in [6.07, 6.45) is 3.73. The molecule has 0 bridgehead atoms. The van der Waals surface area contributed by atoms with E-state index in [4.69, 9.17) is 0 Å². The van der Waals surface area contributed by atoms with Crippen LogP contribution in [0.25, 0.3) is 11.1 Å². The molecule has 0 spiro atoms. The number of benzene rings is 3. The fourth-order valence-corrected chi connectivity index (χ4v) is 4.37. The standard InChI is InChI=1S/C25H24O2/c1-17-19(12-10-18-11-13-25(27)21(14-18)16-26)15-20-6-2-3-8-23(20)24-9-5-4-7-22(17)24/h2-9,11,13-14,16-17,19,27H,10,12,15H2,1H3. The Morgan fingerprint density at radius 2 is 1.74 bits per heavy atom. The lowest BCUT2D eigenvalue weighted by atomic mass is 9.81. The van der Waals surface area contributed by atoms with Gasteiger partial charge in [0.2, 0.25) is 0 Å². The number of rotatable bonds is 4. The predicted molar refractivity (Wildman–Crippen MR) is 109 cm³/mol. The lowest BCUT2D eigenvalue weighted by molar-refractivity contribution is 0.112. The lowest BCUT2D eigenvalue weighted by Crippen LogP contribution is -2.13.